The van der Waals surface area contributed by atoms with Gasteiger partial charge in [0.2, 0.25) is 5.91 Å². The lowest BCUT2D eigenvalue weighted by Gasteiger charge is -2.40. The minimum absolute atomic E-state index is 0.159. The van der Waals surface area contributed by atoms with E-state index < -0.39 is 36.1 Å². The number of amides is 2. The molecule has 38 heavy (non-hydrogen) atoms. The Morgan fingerprint density at radius 3 is 2.50 bits per heavy atom. The molecule has 2 amide bonds. The van der Waals surface area contributed by atoms with Crippen LogP contribution in [0.25, 0.3) is 0 Å². The molecule has 4 N–H and O–H groups in total. The highest BCUT2D eigenvalue weighted by molar-refractivity contribution is 6.30. The summed E-state index contributed by atoms with van der Waals surface area (Å²) < 4.78 is 41.5. The molecule has 206 valence electrons. The first-order valence-electron chi connectivity index (χ1n) is 11.7. The Labute approximate surface area is 222 Å². The fraction of sp³-hybridized carbons (Fsp3) is 0.400. The number of ether oxygens (including phenoxy) is 1. The highest BCUT2D eigenvalue weighted by atomic mass is 35.5. The fourth-order valence-corrected chi connectivity index (χ4v) is 3.80. The summed E-state index contributed by atoms with van der Waals surface area (Å²) in [4.78, 5) is 31.8. The van der Waals surface area contributed by atoms with Crippen LogP contribution in [0, 0.1) is 5.92 Å². The Hall–Kier alpha value is -3.51. The van der Waals surface area contributed by atoms with Crippen LogP contribution in [0.5, 0.6) is 5.75 Å². The quantitative estimate of drug-likeness (QED) is 0.234. The van der Waals surface area contributed by atoms with Crippen LogP contribution < -0.4 is 15.8 Å². The van der Waals surface area contributed by atoms with Gasteiger partial charge in [0.05, 0.1) is 0 Å². The third-order valence-corrected chi connectivity index (χ3v) is 5.79. The second kappa shape index (κ2) is 12.4. The van der Waals surface area contributed by atoms with E-state index in [1.54, 1.807) is 24.3 Å². The average molecular weight is 557 g/mol. The second-order valence-corrected chi connectivity index (χ2v) is 9.52. The van der Waals surface area contributed by atoms with E-state index in [4.69, 9.17) is 22.2 Å². The zero-order valence-electron chi connectivity index (χ0n) is 20.7. The number of hydrogen-bond acceptors (Lipinski definition) is 6. The van der Waals surface area contributed by atoms with Crippen molar-refractivity contribution in [3.63, 3.8) is 0 Å². The maximum Gasteiger partial charge on any atom is 0.573 e. The minimum atomic E-state index is -4.97. The SMILES string of the molecule is CC(C)CO/N=C(/N)c1ccc(CNC(=O)C2CCN2C(=O)C(O)c2cc(Cl)cc(OC(F)(F)F)c2)cc1. The minimum Gasteiger partial charge on any atom is -0.406 e. The number of likely N-dealkylation sites (tertiary alicyclic amines) is 1. The first kappa shape index (κ1) is 29.1. The molecule has 2 unspecified atom stereocenters. The Morgan fingerprint density at radius 2 is 1.92 bits per heavy atom. The number of nitrogens with two attached hydrogens (primary N) is 1. The Balaban J connectivity index is 1.56. The standard InChI is InChI=1S/C25H28ClF3N4O5/c1-14(2)13-37-32-22(30)16-5-3-15(4-6-16)12-31-23(35)20-7-8-33(20)24(36)21(34)17-9-18(26)11-19(10-17)38-25(27,28)29/h3-6,9-11,14,20-21,34H,7-8,12-13H2,1-2H3,(H2,30,32)(H,31,35). The van der Waals surface area contributed by atoms with Crippen LogP contribution >= 0.6 is 11.6 Å². The Bertz CT molecular complexity index is 1170. The van der Waals surface area contributed by atoms with Gasteiger partial charge in [0.15, 0.2) is 11.9 Å². The first-order valence-corrected chi connectivity index (χ1v) is 12.1. The van der Waals surface area contributed by atoms with E-state index >= 15 is 0 Å². The van der Waals surface area contributed by atoms with E-state index in [-0.39, 0.29) is 29.5 Å². The van der Waals surface area contributed by atoms with Crippen LogP contribution in [0.3, 0.4) is 0 Å². The number of rotatable bonds is 10. The summed E-state index contributed by atoms with van der Waals surface area (Å²) in [6.07, 6.45) is -6.44. The molecular formula is C25H28ClF3N4O5. The van der Waals surface area contributed by atoms with Crippen molar-refractivity contribution in [2.45, 2.75) is 45.3 Å². The van der Waals surface area contributed by atoms with Crippen LogP contribution in [0.4, 0.5) is 13.2 Å². The van der Waals surface area contributed by atoms with Crippen LogP contribution in [0.15, 0.2) is 47.6 Å². The molecule has 0 spiro atoms. The van der Waals surface area contributed by atoms with Gasteiger partial charge in [0, 0.05) is 23.7 Å². The van der Waals surface area contributed by atoms with E-state index in [0.717, 1.165) is 28.7 Å². The van der Waals surface area contributed by atoms with Crippen molar-refractivity contribution >= 4 is 29.3 Å². The van der Waals surface area contributed by atoms with Gasteiger partial charge in [-0.15, -0.1) is 13.2 Å². The van der Waals surface area contributed by atoms with Crippen molar-refractivity contribution in [1.82, 2.24) is 10.2 Å². The highest BCUT2D eigenvalue weighted by Gasteiger charge is 2.40. The van der Waals surface area contributed by atoms with Crippen LogP contribution in [-0.4, -0.2) is 53.2 Å². The van der Waals surface area contributed by atoms with Gasteiger partial charge in [-0.05, 0) is 41.7 Å². The summed E-state index contributed by atoms with van der Waals surface area (Å²) in [6, 6.07) is 9.08. The normalized spacial score (nSPS) is 16.6. The molecule has 0 aliphatic carbocycles. The van der Waals surface area contributed by atoms with Crippen molar-refractivity contribution < 1.29 is 37.4 Å². The highest BCUT2D eigenvalue weighted by Crippen LogP contribution is 2.31. The summed E-state index contributed by atoms with van der Waals surface area (Å²) in [5.74, 6) is -1.41. The van der Waals surface area contributed by atoms with Gasteiger partial charge in [-0.25, -0.2) is 0 Å². The van der Waals surface area contributed by atoms with E-state index in [1.165, 1.54) is 0 Å². The predicted octanol–water partition coefficient (Wildman–Crippen LogP) is 3.48. The maximum absolute atomic E-state index is 12.8. The summed E-state index contributed by atoms with van der Waals surface area (Å²) >= 11 is 5.83. The molecule has 1 saturated heterocycles. The number of nitrogens with one attached hydrogen (secondary N) is 1. The molecule has 1 aliphatic rings. The van der Waals surface area contributed by atoms with Gasteiger partial charge >= 0.3 is 6.36 Å². The number of carbonyl (C=O) groups excluding carboxylic acids is 2. The number of amidine groups is 1. The third kappa shape index (κ3) is 7.99. The molecule has 13 heteroatoms. The largest absolute Gasteiger partial charge is 0.573 e. The van der Waals surface area contributed by atoms with Gasteiger partial charge in [-0.2, -0.15) is 0 Å². The molecule has 9 nitrogen and oxygen atoms in total. The predicted molar refractivity (Wildman–Crippen MR) is 133 cm³/mol. The summed E-state index contributed by atoms with van der Waals surface area (Å²) in [6.45, 7) is 4.79. The number of hydrogen-bond donors (Lipinski definition) is 3. The van der Waals surface area contributed by atoms with Crippen LogP contribution in [-0.2, 0) is 21.0 Å². The molecule has 2 aromatic rings. The molecule has 0 aromatic heterocycles. The summed E-state index contributed by atoms with van der Waals surface area (Å²) in [5, 5.41) is 16.9. The van der Waals surface area contributed by atoms with E-state index in [1.807, 2.05) is 13.8 Å². The van der Waals surface area contributed by atoms with E-state index in [2.05, 4.69) is 15.2 Å². The average Bonchev–Trinajstić information content (AvgIpc) is 2.80. The van der Waals surface area contributed by atoms with Crippen LogP contribution in [0.1, 0.15) is 43.1 Å². The maximum atomic E-state index is 12.8. The van der Waals surface area contributed by atoms with Gasteiger partial charge in [0.1, 0.15) is 18.4 Å². The van der Waals surface area contributed by atoms with Crippen molar-refractivity contribution in [2.24, 2.45) is 16.8 Å². The number of carbonyl (C=O) groups is 2. The molecule has 1 heterocycles. The zero-order valence-corrected chi connectivity index (χ0v) is 21.4. The number of aliphatic hydroxyl groups is 1. The van der Waals surface area contributed by atoms with Crippen molar-refractivity contribution in [1.29, 1.82) is 0 Å². The molecule has 0 bridgehead atoms. The zero-order chi connectivity index (χ0) is 28.0. The summed E-state index contributed by atoms with van der Waals surface area (Å²) in [7, 11) is 0. The third-order valence-electron chi connectivity index (χ3n) is 5.57. The fourth-order valence-electron chi connectivity index (χ4n) is 3.57. The van der Waals surface area contributed by atoms with Gasteiger partial charge in [0.25, 0.3) is 5.91 Å². The lowest BCUT2D eigenvalue weighted by molar-refractivity contribution is -0.274. The number of oxime groups is 1. The number of alkyl halides is 3. The number of nitrogens with zero attached hydrogens (tertiary/aromatic N) is 2. The lowest BCUT2D eigenvalue weighted by atomic mass is 9.98. The second-order valence-electron chi connectivity index (χ2n) is 9.09. The molecule has 2 atom stereocenters. The molecule has 1 fully saturated rings. The monoisotopic (exact) mass is 556 g/mol. The van der Waals surface area contributed by atoms with Gasteiger partial charge in [-0.3, -0.25) is 9.59 Å². The van der Waals surface area contributed by atoms with E-state index in [0.29, 0.717) is 24.5 Å². The first-order chi connectivity index (χ1) is 17.8. The molecule has 0 saturated carbocycles. The smallest absolute Gasteiger partial charge is 0.406 e. The summed E-state index contributed by atoms with van der Waals surface area (Å²) in [5.41, 5.74) is 7.14. The topological polar surface area (TPSA) is 126 Å². The number of aliphatic hydroxyl groups excluding tert-OH is 1. The molecular weight excluding hydrogens is 529 g/mol. The Kier molecular flexibility index (Phi) is 9.45. The molecule has 3 rings (SSSR count). The van der Waals surface area contributed by atoms with Crippen molar-refractivity contribution in [3.05, 3.63) is 64.2 Å². The molecule has 0 radical (unpaired) electrons. The lowest BCUT2D eigenvalue weighted by Crippen LogP contribution is -2.59. The number of benzene rings is 2. The van der Waals surface area contributed by atoms with Gasteiger partial charge in [-0.1, -0.05) is 54.9 Å². The van der Waals surface area contributed by atoms with Crippen molar-refractivity contribution in [2.75, 3.05) is 13.2 Å². The van der Waals surface area contributed by atoms with E-state index in [9.17, 15) is 27.9 Å². The Morgan fingerprint density at radius 1 is 1.24 bits per heavy atom. The molecule has 2 aromatic carbocycles. The molecule has 1 aliphatic heterocycles. The van der Waals surface area contributed by atoms with Gasteiger partial charge < -0.3 is 30.6 Å². The van der Waals surface area contributed by atoms with Crippen molar-refractivity contribution in [3.8, 4) is 5.75 Å². The number of halogens is 4. The van der Waals surface area contributed by atoms with Crippen LogP contribution in [0.2, 0.25) is 5.02 Å².